The number of nitrogens with two attached hydrogens (primary N) is 1. The van der Waals surface area contributed by atoms with Crippen molar-refractivity contribution in [2.24, 2.45) is 5.73 Å². The van der Waals surface area contributed by atoms with Crippen molar-refractivity contribution >= 4 is 53.3 Å². The van der Waals surface area contributed by atoms with E-state index in [0.717, 1.165) is 5.56 Å². The minimum atomic E-state index is -2.98. The van der Waals surface area contributed by atoms with Crippen molar-refractivity contribution in [3.8, 4) is 0 Å². The molecule has 0 fully saturated rings. The number of ketones is 1. The molecule has 0 bridgehead atoms. The predicted molar refractivity (Wildman–Crippen MR) is 138 cm³/mol. The average Bonchev–Trinajstić information content (AvgIpc) is 2.82. The molecule has 1 aromatic carbocycles. The van der Waals surface area contributed by atoms with E-state index >= 15 is 0 Å². The van der Waals surface area contributed by atoms with Crippen LogP contribution in [0.1, 0.15) is 38.2 Å². The van der Waals surface area contributed by atoms with Crippen molar-refractivity contribution in [1.29, 1.82) is 0 Å². The van der Waals surface area contributed by atoms with Crippen molar-refractivity contribution in [1.82, 2.24) is 5.32 Å². The molecule has 0 spiro atoms. The van der Waals surface area contributed by atoms with Crippen molar-refractivity contribution in [3.05, 3.63) is 35.9 Å². The molecule has 10 nitrogen and oxygen atoms in total. The van der Waals surface area contributed by atoms with Gasteiger partial charge in [-0.05, 0) is 18.9 Å². The molecule has 0 aromatic heterocycles. The van der Waals surface area contributed by atoms with Gasteiger partial charge in [-0.3, -0.25) is 23.7 Å². The zero-order valence-electron chi connectivity index (χ0n) is 19.6. The predicted octanol–water partition coefficient (Wildman–Crippen LogP) is 2.99. The Bertz CT molecular complexity index is 887. The molecule has 0 saturated heterocycles. The number of nitrogens with one attached hydrogen (secondary N) is 1. The maximum atomic E-state index is 13.2. The summed E-state index contributed by atoms with van der Waals surface area (Å²) in [7, 11) is 0. The summed E-state index contributed by atoms with van der Waals surface area (Å²) < 4.78 is 18.7. The van der Waals surface area contributed by atoms with Crippen LogP contribution < -0.4 is 11.1 Å². The van der Waals surface area contributed by atoms with Gasteiger partial charge in [0.05, 0.1) is 19.1 Å². The van der Waals surface area contributed by atoms with Crippen LogP contribution in [-0.2, 0) is 34.0 Å². The number of rotatable bonds is 19. The summed E-state index contributed by atoms with van der Waals surface area (Å²) in [4.78, 5) is 46.3. The maximum absolute atomic E-state index is 13.2. The number of hydrogen-bond donors (Lipinski definition) is 4. The Labute approximate surface area is 213 Å². The molecule has 1 rings (SSSR count). The monoisotopic (exact) mass is 548 g/mol. The van der Waals surface area contributed by atoms with Crippen molar-refractivity contribution in [3.63, 3.8) is 0 Å². The standard InChI is InChI=1S/C22H33N2O8PS2/c1-2-32-33(31,35-14-16-6-4-3-5-7-16)12-13-34-15-18(19(25)9-11-21(27)28)24-20(26)10-8-17(23)22(29)30/h3-7,17-18H,2,8-15,23H2,1H3,(H,24,26)(H,27,28)(H,29,30). The highest BCUT2D eigenvalue weighted by Gasteiger charge is 2.26. The molecule has 3 unspecified atom stereocenters. The lowest BCUT2D eigenvalue weighted by atomic mass is 10.1. The minimum absolute atomic E-state index is 0.0967. The number of thioether (sulfide) groups is 1. The smallest absolute Gasteiger partial charge is 0.320 e. The topological polar surface area (TPSA) is 173 Å². The lowest BCUT2D eigenvalue weighted by Crippen LogP contribution is -2.43. The van der Waals surface area contributed by atoms with Crippen molar-refractivity contribution in [2.75, 3.05) is 24.3 Å². The summed E-state index contributed by atoms with van der Waals surface area (Å²) in [6.45, 7) is -0.907. The third-order valence-corrected chi connectivity index (χ3v) is 10.8. The Hall–Kier alpha value is -1.85. The first-order valence-corrected chi connectivity index (χ1v) is 15.6. The number of Topliss-reactive ketones (excluding diaryl/α,β-unsaturated/α-hetero) is 1. The first-order valence-electron chi connectivity index (χ1n) is 11.1. The van der Waals surface area contributed by atoms with Crippen LogP contribution >= 0.6 is 29.7 Å². The van der Waals surface area contributed by atoms with Crippen LogP contribution in [0, 0.1) is 0 Å². The van der Waals surface area contributed by atoms with Gasteiger partial charge in [-0.25, -0.2) is 0 Å². The minimum Gasteiger partial charge on any atom is -0.481 e. The number of benzene rings is 1. The van der Waals surface area contributed by atoms with Gasteiger partial charge in [0.25, 0.3) is 6.57 Å². The van der Waals surface area contributed by atoms with Crippen LogP contribution in [0.25, 0.3) is 0 Å². The Morgan fingerprint density at radius 3 is 2.40 bits per heavy atom. The Morgan fingerprint density at radius 2 is 1.80 bits per heavy atom. The summed E-state index contributed by atoms with van der Waals surface area (Å²) in [5.41, 5.74) is 6.43. The van der Waals surface area contributed by atoms with E-state index in [-0.39, 0.29) is 37.6 Å². The second kappa shape index (κ2) is 16.8. The van der Waals surface area contributed by atoms with Crippen LogP contribution in [0.5, 0.6) is 0 Å². The van der Waals surface area contributed by atoms with Crippen molar-refractivity contribution < 1.29 is 38.5 Å². The molecule has 5 N–H and O–H groups in total. The molecule has 0 aliphatic carbocycles. The van der Waals surface area contributed by atoms with E-state index in [1.165, 1.54) is 23.1 Å². The number of carboxylic acid groups (broad SMARTS) is 2. The second-order valence-electron chi connectivity index (χ2n) is 7.55. The van der Waals surface area contributed by atoms with E-state index in [0.29, 0.717) is 18.1 Å². The zero-order chi connectivity index (χ0) is 26.3. The average molecular weight is 549 g/mol. The lowest BCUT2D eigenvalue weighted by Gasteiger charge is -2.19. The largest absolute Gasteiger partial charge is 0.481 e. The van der Waals surface area contributed by atoms with Gasteiger partial charge < -0.3 is 25.8 Å². The summed E-state index contributed by atoms with van der Waals surface area (Å²) in [5.74, 6) is -2.25. The fourth-order valence-corrected chi connectivity index (χ4v) is 8.77. The quantitative estimate of drug-likeness (QED) is 0.148. The SMILES string of the molecule is CCOP(=O)(CCSCC(NC(=O)CCC(N)C(=O)O)C(=O)CCC(=O)O)SCc1ccccc1. The highest BCUT2D eigenvalue weighted by molar-refractivity contribution is 8.56. The number of carbonyl (C=O) groups is 4. The van der Waals surface area contributed by atoms with E-state index in [4.69, 9.17) is 20.5 Å². The summed E-state index contributed by atoms with van der Waals surface area (Å²) in [5, 5.41) is 20.2. The highest BCUT2D eigenvalue weighted by Crippen LogP contribution is 2.60. The molecule has 196 valence electrons. The molecule has 1 amide bonds. The summed E-state index contributed by atoms with van der Waals surface area (Å²) in [6, 6.07) is 7.45. The number of carboxylic acids is 2. The van der Waals surface area contributed by atoms with Gasteiger partial charge in [0, 0.05) is 36.3 Å². The highest BCUT2D eigenvalue weighted by atomic mass is 32.7. The molecule has 0 aliphatic rings. The molecule has 0 heterocycles. The van der Waals surface area contributed by atoms with Crippen LogP contribution in [0.4, 0.5) is 0 Å². The van der Waals surface area contributed by atoms with E-state index < -0.39 is 42.3 Å². The van der Waals surface area contributed by atoms with E-state index in [2.05, 4.69) is 5.32 Å². The summed E-state index contributed by atoms with van der Waals surface area (Å²) >= 11 is 2.56. The van der Waals surface area contributed by atoms with E-state index in [9.17, 15) is 23.7 Å². The lowest BCUT2D eigenvalue weighted by molar-refractivity contribution is -0.139. The van der Waals surface area contributed by atoms with E-state index in [1.807, 2.05) is 30.3 Å². The van der Waals surface area contributed by atoms with Gasteiger partial charge in [0.1, 0.15) is 6.04 Å². The molecule has 0 saturated carbocycles. The molecule has 0 aliphatic heterocycles. The molecule has 3 atom stereocenters. The molecule has 35 heavy (non-hydrogen) atoms. The Morgan fingerprint density at radius 1 is 1.11 bits per heavy atom. The molecular weight excluding hydrogens is 515 g/mol. The van der Waals surface area contributed by atoms with Crippen LogP contribution in [0.3, 0.4) is 0 Å². The third-order valence-electron chi connectivity index (χ3n) is 4.70. The van der Waals surface area contributed by atoms with Crippen LogP contribution in [0.15, 0.2) is 30.3 Å². The first-order chi connectivity index (χ1) is 16.6. The Kier molecular flexibility index (Phi) is 14.9. The normalized spacial score (nSPS) is 14.5. The second-order valence-corrected chi connectivity index (χ2v) is 13.6. The fraction of sp³-hybridized carbons (Fsp3) is 0.545. The number of hydrogen-bond acceptors (Lipinski definition) is 9. The molecule has 13 heteroatoms. The molecule has 1 aromatic rings. The van der Waals surface area contributed by atoms with Gasteiger partial charge in [0.15, 0.2) is 5.78 Å². The third kappa shape index (κ3) is 13.7. The van der Waals surface area contributed by atoms with Gasteiger partial charge in [-0.2, -0.15) is 11.8 Å². The molecular formula is C22H33N2O8PS2. The maximum Gasteiger partial charge on any atom is 0.320 e. The zero-order valence-corrected chi connectivity index (χ0v) is 22.1. The summed E-state index contributed by atoms with van der Waals surface area (Å²) in [6.07, 6.45) is -0.632. The van der Waals surface area contributed by atoms with Crippen LogP contribution in [-0.4, -0.2) is 70.2 Å². The van der Waals surface area contributed by atoms with Crippen LogP contribution in [0.2, 0.25) is 0 Å². The van der Waals surface area contributed by atoms with Gasteiger partial charge in [-0.15, -0.1) is 0 Å². The van der Waals surface area contributed by atoms with E-state index in [1.54, 1.807) is 6.92 Å². The number of aliphatic carboxylic acids is 2. The van der Waals surface area contributed by atoms with Gasteiger partial charge in [0.2, 0.25) is 5.91 Å². The number of carbonyl (C=O) groups excluding carboxylic acids is 2. The Balaban J connectivity index is 2.64. The van der Waals surface area contributed by atoms with Gasteiger partial charge in [-0.1, -0.05) is 41.7 Å². The van der Waals surface area contributed by atoms with Crippen molar-refractivity contribution in [2.45, 2.75) is 50.4 Å². The number of amides is 1. The first kappa shape index (κ1) is 31.2. The van der Waals surface area contributed by atoms with Gasteiger partial charge >= 0.3 is 11.9 Å². The molecule has 0 radical (unpaired) electrons. The fourth-order valence-electron chi connectivity index (χ4n) is 2.78.